The molecule has 2 heterocycles. The van der Waals surface area contributed by atoms with E-state index in [9.17, 15) is 0 Å². The van der Waals surface area contributed by atoms with Gasteiger partial charge >= 0.3 is 0 Å². The van der Waals surface area contributed by atoms with Gasteiger partial charge in [0.2, 0.25) is 0 Å². The van der Waals surface area contributed by atoms with E-state index in [2.05, 4.69) is 10.3 Å². The Morgan fingerprint density at radius 1 is 1.69 bits per heavy atom. The molecule has 0 bridgehead atoms. The van der Waals surface area contributed by atoms with Crippen LogP contribution in [-0.2, 0) is 22.9 Å². The number of rotatable bonds is 5. The van der Waals surface area contributed by atoms with Crippen molar-refractivity contribution in [3.8, 4) is 0 Å². The first-order chi connectivity index (χ1) is 7.86. The molecule has 2 rings (SSSR count). The lowest BCUT2D eigenvalue weighted by Gasteiger charge is -2.23. The van der Waals surface area contributed by atoms with Crippen molar-refractivity contribution in [3.63, 3.8) is 0 Å². The molecule has 0 amide bonds. The van der Waals surface area contributed by atoms with Crippen molar-refractivity contribution in [3.05, 3.63) is 18.2 Å². The first-order valence-electron chi connectivity index (χ1n) is 5.72. The lowest BCUT2D eigenvalue weighted by Crippen LogP contribution is -2.41. The molecule has 1 aliphatic rings. The minimum Gasteiger partial charge on any atom is -0.378 e. The van der Waals surface area contributed by atoms with Crippen LogP contribution in [0.3, 0.4) is 0 Å². The summed E-state index contributed by atoms with van der Waals surface area (Å²) in [7, 11) is 2.00. The van der Waals surface area contributed by atoms with Crippen LogP contribution < -0.4 is 5.32 Å². The van der Waals surface area contributed by atoms with E-state index in [1.165, 1.54) is 0 Å². The molecule has 1 aromatic rings. The van der Waals surface area contributed by atoms with E-state index in [0.29, 0.717) is 13.2 Å². The molecule has 1 aromatic heterocycles. The Hall–Kier alpha value is -0.910. The Bertz CT molecular complexity index is 308. The number of nitrogens with one attached hydrogen (secondary N) is 1. The standard InChI is InChI=1S/C11H19N3O2/c1-14-5-3-13-11(14)2-6-15-9-10-8-12-4-7-16-10/h3,5,10,12H,2,4,6-9H2,1H3. The average molecular weight is 225 g/mol. The molecule has 5 heteroatoms. The summed E-state index contributed by atoms with van der Waals surface area (Å²) in [6.07, 6.45) is 4.81. The number of aryl methyl sites for hydroxylation is 1. The topological polar surface area (TPSA) is 48.3 Å². The third-order valence-corrected chi connectivity index (χ3v) is 2.70. The first-order valence-corrected chi connectivity index (χ1v) is 5.72. The maximum Gasteiger partial charge on any atom is 0.110 e. The average Bonchev–Trinajstić information content (AvgIpc) is 2.72. The van der Waals surface area contributed by atoms with Crippen molar-refractivity contribution in [1.82, 2.24) is 14.9 Å². The molecular formula is C11H19N3O2. The van der Waals surface area contributed by atoms with Crippen LogP contribution in [0, 0.1) is 0 Å². The summed E-state index contributed by atoms with van der Waals surface area (Å²) in [6.45, 7) is 3.99. The van der Waals surface area contributed by atoms with E-state index >= 15 is 0 Å². The Balaban J connectivity index is 1.59. The predicted octanol–water partition coefficient (Wildman–Crippen LogP) is -0.0324. The summed E-state index contributed by atoms with van der Waals surface area (Å²) in [5.41, 5.74) is 0. The maximum atomic E-state index is 5.58. The number of nitrogens with zero attached hydrogens (tertiary/aromatic N) is 2. The molecular weight excluding hydrogens is 206 g/mol. The van der Waals surface area contributed by atoms with Gasteiger partial charge in [0.25, 0.3) is 0 Å². The van der Waals surface area contributed by atoms with Crippen LogP contribution in [0.1, 0.15) is 5.82 Å². The molecule has 1 N–H and O–H groups in total. The lowest BCUT2D eigenvalue weighted by atomic mass is 10.3. The molecule has 1 atom stereocenters. The van der Waals surface area contributed by atoms with Crippen LogP contribution in [0.5, 0.6) is 0 Å². The fraction of sp³-hybridized carbons (Fsp3) is 0.727. The normalized spacial score (nSPS) is 21.2. The molecule has 5 nitrogen and oxygen atoms in total. The van der Waals surface area contributed by atoms with E-state index < -0.39 is 0 Å². The van der Waals surface area contributed by atoms with Crippen LogP contribution in [0.25, 0.3) is 0 Å². The van der Waals surface area contributed by atoms with E-state index in [1.807, 2.05) is 24.0 Å². The summed E-state index contributed by atoms with van der Waals surface area (Å²) in [6, 6.07) is 0. The van der Waals surface area contributed by atoms with Crippen molar-refractivity contribution < 1.29 is 9.47 Å². The Labute approximate surface area is 95.8 Å². The molecule has 90 valence electrons. The van der Waals surface area contributed by atoms with Crippen LogP contribution in [-0.4, -0.2) is 48.6 Å². The highest BCUT2D eigenvalue weighted by molar-refractivity contribution is 4.90. The van der Waals surface area contributed by atoms with Gasteiger partial charge in [-0.15, -0.1) is 0 Å². The van der Waals surface area contributed by atoms with Gasteiger partial charge in [0.15, 0.2) is 0 Å². The highest BCUT2D eigenvalue weighted by Gasteiger charge is 2.12. The summed E-state index contributed by atoms with van der Waals surface area (Å²) in [5.74, 6) is 1.06. The van der Waals surface area contributed by atoms with Gasteiger partial charge < -0.3 is 19.4 Å². The van der Waals surface area contributed by atoms with E-state index in [0.717, 1.165) is 31.9 Å². The van der Waals surface area contributed by atoms with E-state index in [1.54, 1.807) is 0 Å². The molecule has 1 unspecified atom stereocenters. The van der Waals surface area contributed by atoms with Gasteiger partial charge in [-0.25, -0.2) is 4.98 Å². The van der Waals surface area contributed by atoms with Crippen molar-refractivity contribution >= 4 is 0 Å². The van der Waals surface area contributed by atoms with Gasteiger partial charge in [0, 0.05) is 39.0 Å². The lowest BCUT2D eigenvalue weighted by molar-refractivity contribution is -0.0309. The highest BCUT2D eigenvalue weighted by atomic mass is 16.5. The first kappa shape index (κ1) is 11.6. The molecule has 0 aliphatic carbocycles. The summed E-state index contributed by atoms with van der Waals surface area (Å²) in [4.78, 5) is 4.24. The summed E-state index contributed by atoms with van der Waals surface area (Å²) in [5, 5.41) is 3.28. The smallest absolute Gasteiger partial charge is 0.110 e. The largest absolute Gasteiger partial charge is 0.378 e. The number of hydrogen-bond acceptors (Lipinski definition) is 4. The van der Waals surface area contributed by atoms with Crippen LogP contribution in [0.4, 0.5) is 0 Å². The molecule has 0 saturated carbocycles. The SMILES string of the molecule is Cn1ccnc1CCOCC1CNCCO1. The fourth-order valence-corrected chi connectivity index (χ4v) is 1.74. The molecule has 0 spiro atoms. The Morgan fingerprint density at radius 3 is 3.31 bits per heavy atom. The molecule has 1 aliphatic heterocycles. The quantitative estimate of drug-likeness (QED) is 0.715. The zero-order valence-corrected chi connectivity index (χ0v) is 9.69. The molecule has 0 aromatic carbocycles. The summed E-state index contributed by atoms with van der Waals surface area (Å²) >= 11 is 0. The van der Waals surface area contributed by atoms with Crippen molar-refractivity contribution in [2.75, 3.05) is 32.9 Å². The highest BCUT2D eigenvalue weighted by Crippen LogP contribution is 1.99. The third kappa shape index (κ3) is 3.30. The number of aromatic nitrogens is 2. The predicted molar refractivity (Wildman–Crippen MR) is 60.3 cm³/mol. The Morgan fingerprint density at radius 2 is 2.62 bits per heavy atom. The minimum absolute atomic E-state index is 0.204. The summed E-state index contributed by atoms with van der Waals surface area (Å²) < 4.78 is 13.1. The fourth-order valence-electron chi connectivity index (χ4n) is 1.74. The van der Waals surface area contributed by atoms with Gasteiger partial charge in [0.1, 0.15) is 5.82 Å². The van der Waals surface area contributed by atoms with Gasteiger partial charge in [0.05, 0.1) is 25.9 Å². The van der Waals surface area contributed by atoms with Crippen molar-refractivity contribution in [2.45, 2.75) is 12.5 Å². The maximum absolute atomic E-state index is 5.58. The van der Waals surface area contributed by atoms with Crippen LogP contribution in [0.15, 0.2) is 12.4 Å². The van der Waals surface area contributed by atoms with Crippen LogP contribution in [0.2, 0.25) is 0 Å². The second kappa shape index (κ2) is 5.98. The molecule has 16 heavy (non-hydrogen) atoms. The second-order valence-corrected chi connectivity index (χ2v) is 3.98. The zero-order chi connectivity index (χ0) is 11.2. The van der Waals surface area contributed by atoms with Gasteiger partial charge in [-0.1, -0.05) is 0 Å². The van der Waals surface area contributed by atoms with Crippen molar-refractivity contribution in [2.24, 2.45) is 7.05 Å². The van der Waals surface area contributed by atoms with E-state index in [4.69, 9.17) is 9.47 Å². The van der Waals surface area contributed by atoms with E-state index in [-0.39, 0.29) is 6.10 Å². The Kier molecular flexibility index (Phi) is 4.33. The van der Waals surface area contributed by atoms with Crippen LogP contribution >= 0.6 is 0 Å². The van der Waals surface area contributed by atoms with Crippen molar-refractivity contribution in [1.29, 1.82) is 0 Å². The molecule has 1 saturated heterocycles. The third-order valence-electron chi connectivity index (χ3n) is 2.70. The number of imidazole rings is 1. The number of ether oxygens (including phenoxy) is 2. The minimum atomic E-state index is 0.204. The second-order valence-electron chi connectivity index (χ2n) is 3.98. The van der Waals surface area contributed by atoms with Gasteiger partial charge in [-0.3, -0.25) is 0 Å². The van der Waals surface area contributed by atoms with Gasteiger partial charge in [-0.05, 0) is 0 Å². The number of morpholine rings is 1. The molecule has 1 fully saturated rings. The molecule has 0 radical (unpaired) electrons. The number of hydrogen-bond donors (Lipinski definition) is 1. The zero-order valence-electron chi connectivity index (χ0n) is 9.69. The van der Waals surface area contributed by atoms with Gasteiger partial charge in [-0.2, -0.15) is 0 Å². The monoisotopic (exact) mass is 225 g/mol.